The topological polar surface area (TPSA) is 91.7 Å². The first-order valence-electron chi connectivity index (χ1n) is 11.1. The number of methoxy groups -OCH3 is 1. The van der Waals surface area contributed by atoms with Gasteiger partial charge in [0.1, 0.15) is 23.3 Å². The second kappa shape index (κ2) is 9.68. The van der Waals surface area contributed by atoms with Crippen LogP contribution in [-0.2, 0) is 11.8 Å². The van der Waals surface area contributed by atoms with Crippen LogP contribution in [0.25, 0.3) is 21.7 Å². The third kappa shape index (κ3) is 5.74. The van der Waals surface area contributed by atoms with Crippen molar-refractivity contribution in [3.05, 3.63) is 40.8 Å². The van der Waals surface area contributed by atoms with Crippen LogP contribution in [0.5, 0.6) is 11.6 Å². The van der Waals surface area contributed by atoms with Crippen molar-refractivity contribution in [2.45, 2.75) is 52.7 Å². The first kappa shape index (κ1) is 24.4. The number of amides is 1. The van der Waals surface area contributed by atoms with E-state index in [1.165, 1.54) is 7.11 Å². The summed E-state index contributed by atoms with van der Waals surface area (Å²) in [5.74, 6) is 1.28. The highest BCUT2D eigenvalue weighted by molar-refractivity contribution is 6.07. The van der Waals surface area contributed by atoms with Gasteiger partial charge < -0.3 is 24.1 Å². The fourth-order valence-electron chi connectivity index (χ4n) is 3.82. The predicted octanol–water partition coefficient (Wildman–Crippen LogP) is 4.41. The van der Waals surface area contributed by atoms with Crippen molar-refractivity contribution in [1.82, 2.24) is 14.9 Å². The van der Waals surface area contributed by atoms with E-state index in [4.69, 9.17) is 14.2 Å². The van der Waals surface area contributed by atoms with Crippen molar-refractivity contribution in [2.24, 2.45) is 13.0 Å². The van der Waals surface area contributed by atoms with Crippen LogP contribution in [0.4, 0.5) is 4.79 Å². The number of aromatic nitrogens is 2. The van der Waals surface area contributed by atoms with Crippen LogP contribution in [0.3, 0.4) is 0 Å². The number of carbonyl (C=O) groups is 1. The number of hydrogen-bond donors (Lipinski definition) is 1. The van der Waals surface area contributed by atoms with Crippen molar-refractivity contribution in [3.8, 4) is 11.6 Å². The van der Waals surface area contributed by atoms with Crippen molar-refractivity contribution < 1.29 is 19.0 Å². The number of carbonyl (C=O) groups excluding carboxylic acids is 1. The Morgan fingerprint density at radius 3 is 2.55 bits per heavy atom. The molecule has 0 saturated heterocycles. The van der Waals surface area contributed by atoms with Gasteiger partial charge in [0, 0.05) is 30.1 Å². The van der Waals surface area contributed by atoms with Crippen LogP contribution >= 0.6 is 0 Å². The van der Waals surface area contributed by atoms with Gasteiger partial charge in [-0.3, -0.25) is 4.79 Å². The third-order valence-electron chi connectivity index (χ3n) is 5.18. The fraction of sp³-hybridized carbons (Fsp3) is 0.480. The Labute approximate surface area is 193 Å². The van der Waals surface area contributed by atoms with Crippen LogP contribution in [-0.4, -0.2) is 41.0 Å². The fourth-order valence-corrected chi connectivity index (χ4v) is 3.82. The summed E-state index contributed by atoms with van der Waals surface area (Å²) in [6.07, 6.45) is 1.90. The van der Waals surface area contributed by atoms with Gasteiger partial charge in [-0.2, -0.15) is 0 Å². The van der Waals surface area contributed by atoms with E-state index < -0.39 is 11.7 Å². The summed E-state index contributed by atoms with van der Waals surface area (Å²) in [6.45, 7) is 9.94. The first-order valence-corrected chi connectivity index (χ1v) is 11.1. The monoisotopic (exact) mass is 455 g/mol. The van der Waals surface area contributed by atoms with Gasteiger partial charge >= 0.3 is 6.09 Å². The molecule has 0 radical (unpaired) electrons. The lowest BCUT2D eigenvalue weighted by Gasteiger charge is -2.25. The van der Waals surface area contributed by atoms with Crippen LogP contribution in [0.15, 0.2) is 35.3 Å². The summed E-state index contributed by atoms with van der Waals surface area (Å²) in [5.41, 5.74) is -0.0279. The molecule has 8 heteroatoms. The summed E-state index contributed by atoms with van der Waals surface area (Å²) < 4.78 is 18.3. The molecule has 2 aromatic heterocycles. The van der Waals surface area contributed by atoms with Gasteiger partial charge in [-0.05, 0) is 51.3 Å². The Bertz CT molecular complexity index is 1210. The highest BCUT2D eigenvalue weighted by Crippen LogP contribution is 2.29. The zero-order chi connectivity index (χ0) is 24.3. The Kier molecular flexibility index (Phi) is 7.15. The highest BCUT2D eigenvalue weighted by Gasteiger charge is 2.21. The minimum absolute atomic E-state index is 0.191. The molecule has 0 aliphatic heterocycles. The average Bonchev–Trinajstić information content (AvgIpc) is 2.73. The number of rotatable bonds is 7. The normalized spacial score (nSPS) is 12.7. The smallest absolute Gasteiger partial charge is 0.407 e. The van der Waals surface area contributed by atoms with Crippen LogP contribution in [0.2, 0.25) is 0 Å². The van der Waals surface area contributed by atoms with E-state index in [1.54, 1.807) is 17.8 Å². The minimum Gasteiger partial charge on any atom is -0.491 e. The molecule has 3 aromatic rings. The van der Waals surface area contributed by atoms with Gasteiger partial charge in [0.25, 0.3) is 5.56 Å². The van der Waals surface area contributed by atoms with Gasteiger partial charge in [-0.1, -0.05) is 13.8 Å². The van der Waals surface area contributed by atoms with Crippen molar-refractivity contribution in [3.63, 3.8) is 0 Å². The van der Waals surface area contributed by atoms with Gasteiger partial charge in [-0.25, -0.2) is 9.78 Å². The van der Waals surface area contributed by atoms with E-state index in [0.717, 1.165) is 22.7 Å². The van der Waals surface area contributed by atoms with Gasteiger partial charge in [0.15, 0.2) is 0 Å². The van der Waals surface area contributed by atoms with Crippen LogP contribution in [0, 0.1) is 5.92 Å². The summed E-state index contributed by atoms with van der Waals surface area (Å²) >= 11 is 0. The number of hydrogen-bond acceptors (Lipinski definition) is 6. The zero-order valence-corrected chi connectivity index (χ0v) is 20.4. The molecular formula is C25H33N3O5. The largest absolute Gasteiger partial charge is 0.491 e. The van der Waals surface area contributed by atoms with Gasteiger partial charge in [-0.15, -0.1) is 0 Å². The maximum Gasteiger partial charge on any atom is 0.407 e. The predicted molar refractivity (Wildman–Crippen MR) is 129 cm³/mol. The molecule has 0 aliphatic carbocycles. The molecule has 1 atom stereocenters. The molecule has 2 heterocycles. The highest BCUT2D eigenvalue weighted by atomic mass is 16.6. The number of ether oxygens (including phenoxy) is 3. The summed E-state index contributed by atoms with van der Waals surface area (Å²) in [6, 6.07) is 7.21. The average molecular weight is 456 g/mol. The number of benzene rings is 1. The maximum absolute atomic E-state index is 13.0. The van der Waals surface area contributed by atoms with Crippen LogP contribution in [0.1, 0.15) is 41.0 Å². The minimum atomic E-state index is -0.572. The number of nitrogens with one attached hydrogen (secondary N) is 1. The van der Waals surface area contributed by atoms with Crippen molar-refractivity contribution >= 4 is 27.8 Å². The molecule has 0 bridgehead atoms. The molecule has 1 N–H and O–H groups in total. The quantitative estimate of drug-likeness (QED) is 0.531. The molecule has 178 valence electrons. The third-order valence-corrected chi connectivity index (χ3v) is 5.18. The molecule has 0 saturated carbocycles. The first-order chi connectivity index (χ1) is 15.5. The van der Waals surface area contributed by atoms with Crippen molar-refractivity contribution in [2.75, 3.05) is 13.7 Å². The number of alkyl carbamates (subject to hydrolysis) is 1. The van der Waals surface area contributed by atoms with E-state index in [1.807, 2.05) is 45.0 Å². The van der Waals surface area contributed by atoms with E-state index in [-0.39, 0.29) is 18.2 Å². The van der Waals surface area contributed by atoms with Crippen LogP contribution < -0.4 is 20.3 Å². The molecule has 0 spiro atoms. The van der Waals surface area contributed by atoms with E-state index in [9.17, 15) is 9.59 Å². The second-order valence-corrected chi connectivity index (χ2v) is 9.57. The van der Waals surface area contributed by atoms with E-state index in [2.05, 4.69) is 24.1 Å². The number of aryl methyl sites for hydroxylation is 1. The zero-order valence-electron chi connectivity index (χ0n) is 20.4. The maximum atomic E-state index is 13.0. The molecular weight excluding hydrogens is 422 g/mol. The Morgan fingerprint density at radius 2 is 1.91 bits per heavy atom. The molecule has 3 rings (SSSR count). The molecule has 8 nitrogen and oxygen atoms in total. The molecule has 0 aliphatic rings. The lowest BCUT2D eigenvalue weighted by atomic mass is 10.0. The Morgan fingerprint density at radius 1 is 1.18 bits per heavy atom. The Balaban J connectivity index is 1.88. The summed E-state index contributed by atoms with van der Waals surface area (Å²) in [7, 11) is 3.22. The van der Waals surface area contributed by atoms with E-state index in [0.29, 0.717) is 22.9 Å². The summed E-state index contributed by atoms with van der Waals surface area (Å²) in [5, 5.41) is 5.02. The van der Waals surface area contributed by atoms with Gasteiger partial charge in [0.2, 0.25) is 5.88 Å². The van der Waals surface area contributed by atoms with Gasteiger partial charge in [0.05, 0.1) is 18.7 Å². The lowest BCUT2D eigenvalue weighted by molar-refractivity contribution is 0.0480. The molecule has 1 aromatic carbocycles. The van der Waals surface area contributed by atoms with E-state index >= 15 is 0 Å². The second-order valence-electron chi connectivity index (χ2n) is 9.57. The number of fused-ring (bicyclic) bond motifs is 3. The summed E-state index contributed by atoms with van der Waals surface area (Å²) in [4.78, 5) is 29.4. The standard InChI is InChI=1S/C25H33N3O5/c1-15(2)12-16(27-24(30)33-25(3,4)5)14-32-17-8-9-18-19-10-11-26-22(31-7)21(19)23(29)28(6)20(18)13-17/h8-11,13,15-16H,12,14H2,1-7H3,(H,27,30)/t16-/m0/s1. The Hall–Kier alpha value is -3.29. The lowest BCUT2D eigenvalue weighted by Crippen LogP contribution is -2.42. The molecule has 33 heavy (non-hydrogen) atoms. The number of pyridine rings is 2. The number of nitrogens with zero attached hydrogens (tertiary/aromatic N) is 2. The molecule has 1 amide bonds. The molecule has 0 unspecified atom stereocenters. The SMILES string of the molecule is COc1nccc2c1c(=O)n(C)c1cc(OC[C@H](CC(C)C)NC(=O)OC(C)(C)C)ccc21. The molecule has 0 fully saturated rings. The van der Waals surface area contributed by atoms with Crippen molar-refractivity contribution in [1.29, 1.82) is 0 Å².